The summed E-state index contributed by atoms with van der Waals surface area (Å²) >= 11 is 6.04. The van der Waals surface area contributed by atoms with Gasteiger partial charge in [-0.1, -0.05) is 35.9 Å². The monoisotopic (exact) mass is 409 g/mol. The number of para-hydroxylation sites is 1. The zero-order valence-electron chi connectivity index (χ0n) is 16.1. The molecule has 2 bridgehead atoms. The Balaban J connectivity index is 1.29. The van der Waals surface area contributed by atoms with Crippen molar-refractivity contribution in [2.45, 2.75) is 37.9 Å². The highest BCUT2D eigenvalue weighted by molar-refractivity contribution is 6.30. The molecule has 3 N–H and O–H groups in total. The summed E-state index contributed by atoms with van der Waals surface area (Å²) in [6, 6.07) is 15.2. The molecule has 6 heteroatoms. The molecule has 4 aliphatic rings. The summed E-state index contributed by atoms with van der Waals surface area (Å²) in [6.45, 7) is 0.487. The average Bonchev–Trinajstić information content (AvgIpc) is 2.72. The van der Waals surface area contributed by atoms with E-state index in [0.29, 0.717) is 17.1 Å². The predicted octanol–water partition coefficient (Wildman–Crippen LogP) is 3.94. The Morgan fingerprint density at radius 2 is 2.00 bits per heavy atom. The maximum absolute atomic E-state index is 12.9. The van der Waals surface area contributed by atoms with Crippen molar-refractivity contribution >= 4 is 29.1 Å². The minimum Gasteiger partial charge on any atom is -0.362 e. The Labute approximate surface area is 175 Å². The van der Waals surface area contributed by atoms with Gasteiger partial charge in [0.1, 0.15) is 5.66 Å². The molecule has 1 heterocycles. The summed E-state index contributed by atoms with van der Waals surface area (Å²) < 4.78 is 0. The van der Waals surface area contributed by atoms with Crippen molar-refractivity contribution in [2.75, 3.05) is 5.32 Å². The Morgan fingerprint density at radius 3 is 2.79 bits per heavy atom. The number of nitrogens with one attached hydrogen (secondary N) is 3. The molecule has 1 spiro atoms. The number of anilines is 1. The van der Waals surface area contributed by atoms with Gasteiger partial charge in [0.2, 0.25) is 5.91 Å². The first-order valence-corrected chi connectivity index (χ1v) is 10.6. The Kier molecular flexibility index (Phi) is 4.50. The summed E-state index contributed by atoms with van der Waals surface area (Å²) in [7, 11) is 0. The van der Waals surface area contributed by atoms with E-state index in [2.05, 4.69) is 16.0 Å². The molecule has 2 aromatic rings. The quantitative estimate of drug-likeness (QED) is 0.719. The van der Waals surface area contributed by atoms with E-state index in [9.17, 15) is 9.59 Å². The first-order valence-electron chi connectivity index (χ1n) is 10.3. The van der Waals surface area contributed by atoms with Crippen LogP contribution >= 0.6 is 11.6 Å². The summed E-state index contributed by atoms with van der Waals surface area (Å²) in [5.74, 6) is 0.588. The van der Waals surface area contributed by atoms with Gasteiger partial charge in [-0.25, -0.2) is 0 Å². The number of rotatable bonds is 3. The number of halogens is 1. The number of hydrogen-bond acceptors (Lipinski definition) is 3. The van der Waals surface area contributed by atoms with E-state index < -0.39 is 5.66 Å². The third-order valence-electron chi connectivity index (χ3n) is 6.83. The van der Waals surface area contributed by atoms with Crippen LogP contribution in [0, 0.1) is 17.8 Å². The fourth-order valence-corrected chi connectivity index (χ4v) is 5.64. The van der Waals surface area contributed by atoms with Crippen molar-refractivity contribution in [1.82, 2.24) is 10.6 Å². The second-order valence-corrected chi connectivity index (χ2v) is 8.96. The van der Waals surface area contributed by atoms with E-state index >= 15 is 0 Å². The maximum atomic E-state index is 12.9. The Morgan fingerprint density at radius 1 is 1.14 bits per heavy atom. The highest BCUT2D eigenvalue weighted by Crippen LogP contribution is 2.51. The largest absolute Gasteiger partial charge is 0.362 e. The van der Waals surface area contributed by atoms with Crippen LogP contribution in [0.5, 0.6) is 0 Å². The van der Waals surface area contributed by atoms with Crippen molar-refractivity contribution in [3.63, 3.8) is 0 Å². The van der Waals surface area contributed by atoms with Gasteiger partial charge in [0, 0.05) is 29.1 Å². The fraction of sp³-hybridized carbons (Fsp3) is 0.391. The molecule has 1 aliphatic heterocycles. The summed E-state index contributed by atoms with van der Waals surface area (Å²) in [6.07, 6.45) is 3.63. The molecule has 0 unspecified atom stereocenters. The van der Waals surface area contributed by atoms with Crippen LogP contribution in [0.4, 0.5) is 5.69 Å². The zero-order chi connectivity index (χ0) is 20.0. The lowest BCUT2D eigenvalue weighted by Gasteiger charge is -2.56. The van der Waals surface area contributed by atoms with Crippen molar-refractivity contribution in [2.24, 2.45) is 17.8 Å². The van der Waals surface area contributed by atoms with Crippen molar-refractivity contribution in [1.29, 1.82) is 0 Å². The van der Waals surface area contributed by atoms with Crippen LogP contribution in [0.25, 0.3) is 0 Å². The van der Waals surface area contributed by atoms with E-state index in [1.807, 2.05) is 48.5 Å². The summed E-state index contributed by atoms with van der Waals surface area (Å²) in [5, 5.41) is 10.6. The molecule has 3 saturated carbocycles. The zero-order valence-corrected chi connectivity index (χ0v) is 16.8. The van der Waals surface area contributed by atoms with Crippen molar-refractivity contribution in [3.05, 3.63) is 64.7 Å². The highest BCUT2D eigenvalue weighted by Gasteiger charge is 2.55. The van der Waals surface area contributed by atoms with Gasteiger partial charge in [-0.2, -0.15) is 0 Å². The molecule has 150 valence electrons. The third kappa shape index (κ3) is 3.27. The third-order valence-corrected chi connectivity index (χ3v) is 7.07. The van der Waals surface area contributed by atoms with E-state index in [1.165, 1.54) is 0 Å². The second-order valence-electron chi connectivity index (χ2n) is 8.52. The van der Waals surface area contributed by atoms with Crippen LogP contribution in [-0.2, 0) is 11.3 Å². The van der Waals surface area contributed by atoms with Crippen LogP contribution in [-0.4, -0.2) is 17.5 Å². The van der Waals surface area contributed by atoms with Gasteiger partial charge in [0.25, 0.3) is 5.91 Å². The fourth-order valence-electron chi connectivity index (χ4n) is 5.43. The molecule has 6 rings (SSSR count). The highest BCUT2D eigenvalue weighted by atomic mass is 35.5. The van der Waals surface area contributed by atoms with Gasteiger partial charge in [0.05, 0.1) is 5.56 Å². The topological polar surface area (TPSA) is 70.2 Å². The number of carbonyl (C=O) groups excluding carboxylic acids is 2. The van der Waals surface area contributed by atoms with E-state index in [4.69, 9.17) is 11.6 Å². The van der Waals surface area contributed by atoms with Crippen LogP contribution in [0.1, 0.15) is 41.6 Å². The molecule has 4 atom stereocenters. The van der Waals surface area contributed by atoms with Crippen molar-refractivity contribution < 1.29 is 9.59 Å². The molecule has 2 aromatic carbocycles. The first kappa shape index (κ1) is 18.5. The van der Waals surface area contributed by atoms with Crippen LogP contribution < -0.4 is 16.0 Å². The SMILES string of the molecule is O=C1N[C@@]2(C[C@H]3CC[C@@H]2C[C@@H]3C(=O)NCc2cccc(Cl)c2)Nc2ccccc21. The smallest absolute Gasteiger partial charge is 0.255 e. The van der Waals surface area contributed by atoms with Gasteiger partial charge in [-0.3, -0.25) is 9.59 Å². The Hall–Kier alpha value is -2.53. The van der Waals surface area contributed by atoms with Gasteiger partial charge in [-0.15, -0.1) is 0 Å². The number of fused-ring (bicyclic) bond motifs is 3. The molecule has 3 aliphatic carbocycles. The molecule has 3 fully saturated rings. The lowest BCUT2D eigenvalue weighted by Crippen LogP contribution is -2.68. The maximum Gasteiger partial charge on any atom is 0.255 e. The van der Waals surface area contributed by atoms with Crippen LogP contribution in [0.15, 0.2) is 48.5 Å². The van der Waals surface area contributed by atoms with E-state index in [0.717, 1.165) is 36.9 Å². The van der Waals surface area contributed by atoms with Crippen molar-refractivity contribution in [3.8, 4) is 0 Å². The second kappa shape index (κ2) is 7.06. The number of hydrogen-bond donors (Lipinski definition) is 3. The molecule has 29 heavy (non-hydrogen) atoms. The van der Waals surface area contributed by atoms with Gasteiger partial charge < -0.3 is 16.0 Å². The van der Waals surface area contributed by atoms with Gasteiger partial charge >= 0.3 is 0 Å². The molecule has 0 saturated heterocycles. The lowest BCUT2D eigenvalue weighted by atomic mass is 9.58. The molecule has 0 aromatic heterocycles. The molecular formula is C23H24ClN3O2. The summed E-state index contributed by atoms with van der Waals surface area (Å²) in [4.78, 5) is 25.6. The minimum atomic E-state index is -0.432. The molecular weight excluding hydrogens is 386 g/mol. The van der Waals surface area contributed by atoms with Gasteiger partial charge in [-0.05, 0) is 61.4 Å². The number of amides is 2. The van der Waals surface area contributed by atoms with Gasteiger partial charge in [0.15, 0.2) is 0 Å². The van der Waals surface area contributed by atoms with Crippen LogP contribution in [0.3, 0.4) is 0 Å². The predicted molar refractivity (Wildman–Crippen MR) is 112 cm³/mol. The Bertz CT molecular complexity index is 978. The average molecular weight is 410 g/mol. The standard InChI is InChI=1S/C23H24ClN3O2/c24-17-5-3-4-14(10-17)13-25-21(28)19-11-16-9-8-15(19)12-23(16)26-20-7-2-1-6-18(20)22(29)27-23/h1-7,10,15-16,19,26H,8-9,11-13H2,(H,25,28)(H,27,29)/t15-,16-,19+,23-/m1/s1. The normalized spacial score (nSPS) is 29.7. The first-order chi connectivity index (χ1) is 14.0. The lowest BCUT2D eigenvalue weighted by molar-refractivity contribution is -0.132. The van der Waals surface area contributed by atoms with E-state index in [-0.39, 0.29) is 29.6 Å². The number of benzene rings is 2. The molecule has 2 amide bonds. The molecule has 0 radical (unpaired) electrons. The molecule has 5 nitrogen and oxygen atoms in total. The van der Waals surface area contributed by atoms with E-state index in [1.54, 1.807) is 0 Å². The summed E-state index contributed by atoms with van der Waals surface area (Å²) in [5.41, 5.74) is 2.15. The van der Waals surface area contributed by atoms with Crippen LogP contribution in [0.2, 0.25) is 5.02 Å². The minimum absolute atomic E-state index is 0.00516. The number of carbonyl (C=O) groups is 2.